The molecule has 0 atom stereocenters. The fourth-order valence-corrected chi connectivity index (χ4v) is 1.20. The highest BCUT2D eigenvalue weighted by Gasteiger charge is 2.14. The third kappa shape index (κ3) is 0.889. The molecule has 0 saturated carbocycles. The van der Waals surface area contributed by atoms with Gasteiger partial charge in [0.25, 0.3) is 5.91 Å². The summed E-state index contributed by atoms with van der Waals surface area (Å²) in [5.74, 6) is -0.159. The molecule has 1 aliphatic rings. The lowest BCUT2D eigenvalue weighted by atomic mass is 10.1. The quantitative estimate of drug-likeness (QED) is 0.612. The Labute approximate surface area is 70.3 Å². The van der Waals surface area contributed by atoms with Crippen molar-refractivity contribution < 1.29 is 4.79 Å². The first-order valence-electron chi connectivity index (χ1n) is 3.66. The van der Waals surface area contributed by atoms with E-state index >= 15 is 0 Å². The highest BCUT2D eigenvalue weighted by Crippen LogP contribution is 2.16. The van der Waals surface area contributed by atoms with E-state index in [0.717, 1.165) is 11.1 Å². The number of nitrogens with zero attached hydrogens (tertiary/aromatic N) is 1. The number of carbonyl (C=O) groups excluding carboxylic acids is 1. The van der Waals surface area contributed by atoms with Crippen LogP contribution < -0.4 is 0 Å². The number of amides is 1. The summed E-state index contributed by atoms with van der Waals surface area (Å²) in [5.41, 5.74) is 2.52. The molecule has 0 aromatic heterocycles. The van der Waals surface area contributed by atoms with E-state index in [-0.39, 0.29) is 5.91 Å². The monoisotopic (exact) mass is 157 g/mol. The Morgan fingerprint density at radius 1 is 1.42 bits per heavy atom. The zero-order chi connectivity index (χ0) is 8.55. The molecule has 2 heteroatoms. The Kier molecular flexibility index (Phi) is 1.40. The average Bonchev–Trinajstić information content (AvgIpc) is 2.47. The van der Waals surface area contributed by atoms with Crippen LogP contribution in [0.4, 0.5) is 0 Å². The van der Waals surface area contributed by atoms with Crippen molar-refractivity contribution in [2.45, 2.75) is 0 Å². The maximum absolute atomic E-state index is 11.1. The largest absolute Gasteiger partial charge is 0.277 e. The number of hydrogen-bond acceptors (Lipinski definition) is 1. The van der Waals surface area contributed by atoms with Crippen LogP contribution in [-0.2, 0) is 0 Å². The molecule has 0 saturated heterocycles. The van der Waals surface area contributed by atoms with Crippen molar-refractivity contribution in [2.75, 3.05) is 0 Å². The van der Waals surface area contributed by atoms with Gasteiger partial charge in [0.2, 0.25) is 0 Å². The molecule has 1 aromatic carbocycles. The second-order valence-corrected chi connectivity index (χ2v) is 2.61. The molecular formula is C10H7NO. The van der Waals surface area contributed by atoms with E-state index < -0.39 is 0 Å². The summed E-state index contributed by atoms with van der Waals surface area (Å²) in [7, 11) is 0. The summed E-state index contributed by atoms with van der Waals surface area (Å²) in [6, 6.07) is 5.59. The molecule has 0 spiro atoms. The van der Waals surface area contributed by atoms with Crippen LogP contribution in [0.15, 0.2) is 29.8 Å². The molecule has 2 rings (SSSR count). The second kappa shape index (κ2) is 2.41. The molecule has 1 amide bonds. The summed E-state index contributed by atoms with van der Waals surface area (Å²) in [6.45, 7) is 3.63. The number of rotatable bonds is 1. The molecule has 0 unspecified atom stereocenters. The Hall–Kier alpha value is -1.70. The normalized spacial score (nSPS) is 13.2. The van der Waals surface area contributed by atoms with E-state index in [1.807, 2.05) is 12.1 Å². The van der Waals surface area contributed by atoms with E-state index in [4.69, 9.17) is 0 Å². The van der Waals surface area contributed by atoms with Crippen LogP contribution in [0.3, 0.4) is 0 Å². The summed E-state index contributed by atoms with van der Waals surface area (Å²) in [6.07, 6.45) is 3.30. The molecular weight excluding hydrogens is 150 g/mol. The summed E-state index contributed by atoms with van der Waals surface area (Å²) in [5, 5.41) is 0. The van der Waals surface area contributed by atoms with Crippen molar-refractivity contribution in [3.63, 3.8) is 0 Å². The Balaban J connectivity index is 2.62. The molecule has 0 fully saturated rings. The molecule has 1 aliphatic heterocycles. The van der Waals surface area contributed by atoms with Gasteiger partial charge in [0.1, 0.15) is 0 Å². The van der Waals surface area contributed by atoms with Gasteiger partial charge in [0.05, 0.1) is 5.56 Å². The fourth-order valence-electron chi connectivity index (χ4n) is 1.20. The van der Waals surface area contributed by atoms with E-state index in [9.17, 15) is 4.79 Å². The number of hydrogen-bond donors (Lipinski definition) is 0. The minimum absolute atomic E-state index is 0.159. The number of benzene rings is 1. The average molecular weight is 157 g/mol. The first kappa shape index (κ1) is 6.98. The number of aliphatic imine (C=N–C) groups is 1. The van der Waals surface area contributed by atoms with Crippen LogP contribution >= 0.6 is 0 Å². The van der Waals surface area contributed by atoms with Gasteiger partial charge in [0, 0.05) is 11.8 Å². The predicted octanol–water partition coefficient (Wildman–Crippen LogP) is 1.90. The lowest BCUT2D eigenvalue weighted by Gasteiger charge is -1.96. The van der Waals surface area contributed by atoms with E-state index in [1.54, 1.807) is 18.4 Å². The SMILES string of the molecule is C=Cc1ccc2c(c1)C(=O)N=C2. The first-order valence-corrected chi connectivity index (χ1v) is 3.66. The van der Waals surface area contributed by atoms with Gasteiger partial charge in [-0.25, -0.2) is 4.99 Å². The Bertz CT molecular complexity index is 391. The van der Waals surface area contributed by atoms with Gasteiger partial charge in [-0.1, -0.05) is 24.8 Å². The molecule has 0 N–H and O–H groups in total. The summed E-state index contributed by atoms with van der Waals surface area (Å²) in [4.78, 5) is 14.8. The van der Waals surface area contributed by atoms with E-state index in [1.165, 1.54) is 0 Å². The predicted molar refractivity (Wildman–Crippen MR) is 48.5 cm³/mol. The van der Waals surface area contributed by atoms with Gasteiger partial charge >= 0.3 is 0 Å². The minimum Gasteiger partial charge on any atom is -0.267 e. The lowest BCUT2D eigenvalue weighted by molar-refractivity contribution is 0.101. The number of carbonyl (C=O) groups is 1. The third-order valence-electron chi connectivity index (χ3n) is 1.86. The van der Waals surface area contributed by atoms with Crippen LogP contribution in [0.2, 0.25) is 0 Å². The Morgan fingerprint density at radius 3 is 3.00 bits per heavy atom. The van der Waals surface area contributed by atoms with Gasteiger partial charge in [0.15, 0.2) is 0 Å². The third-order valence-corrected chi connectivity index (χ3v) is 1.86. The summed E-state index contributed by atoms with van der Waals surface area (Å²) < 4.78 is 0. The van der Waals surface area contributed by atoms with Crippen molar-refractivity contribution in [3.05, 3.63) is 41.5 Å². The molecule has 1 heterocycles. The van der Waals surface area contributed by atoms with Gasteiger partial charge in [-0.3, -0.25) is 4.79 Å². The van der Waals surface area contributed by atoms with Crippen LogP contribution in [0.25, 0.3) is 6.08 Å². The molecule has 1 aromatic rings. The van der Waals surface area contributed by atoms with Gasteiger partial charge in [-0.15, -0.1) is 0 Å². The standard InChI is InChI=1S/C10H7NO/c1-2-7-3-4-8-6-11-10(12)9(8)5-7/h2-6H,1H2. The van der Waals surface area contributed by atoms with Crippen molar-refractivity contribution in [1.29, 1.82) is 0 Å². The smallest absolute Gasteiger partial charge is 0.267 e. The van der Waals surface area contributed by atoms with Gasteiger partial charge in [-0.05, 0) is 11.6 Å². The van der Waals surface area contributed by atoms with Crippen molar-refractivity contribution >= 4 is 18.2 Å². The number of fused-ring (bicyclic) bond motifs is 1. The van der Waals surface area contributed by atoms with Crippen LogP contribution in [0.1, 0.15) is 21.5 Å². The maximum Gasteiger partial charge on any atom is 0.277 e. The van der Waals surface area contributed by atoms with E-state index in [2.05, 4.69) is 11.6 Å². The highest BCUT2D eigenvalue weighted by molar-refractivity contribution is 6.13. The minimum atomic E-state index is -0.159. The zero-order valence-electron chi connectivity index (χ0n) is 6.45. The molecule has 0 bridgehead atoms. The van der Waals surface area contributed by atoms with E-state index in [0.29, 0.717) is 5.56 Å². The zero-order valence-corrected chi connectivity index (χ0v) is 6.45. The van der Waals surface area contributed by atoms with Crippen LogP contribution in [-0.4, -0.2) is 12.1 Å². The molecule has 2 nitrogen and oxygen atoms in total. The lowest BCUT2D eigenvalue weighted by Crippen LogP contribution is -1.91. The molecule has 0 aliphatic carbocycles. The summed E-state index contributed by atoms with van der Waals surface area (Å²) >= 11 is 0. The van der Waals surface area contributed by atoms with Crippen molar-refractivity contribution in [1.82, 2.24) is 0 Å². The first-order chi connectivity index (χ1) is 5.81. The fraction of sp³-hybridized carbons (Fsp3) is 0. The van der Waals surface area contributed by atoms with Gasteiger partial charge in [-0.2, -0.15) is 0 Å². The molecule has 0 radical (unpaired) electrons. The molecule has 12 heavy (non-hydrogen) atoms. The van der Waals surface area contributed by atoms with Crippen molar-refractivity contribution in [3.8, 4) is 0 Å². The highest BCUT2D eigenvalue weighted by atomic mass is 16.1. The Morgan fingerprint density at radius 2 is 2.25 bits per heavy atom. The van der Waals surface area contributed by atoms with Crippen molar-refractivity contribution in [2.24, 2.45) is 4.99 Å². The van der Waals surface area contributed by atoms with Crippen LogP contribution in [0.5, 0.6) is 0 Å². The maximum atomic E-state index is 11.1. The second-order valence-electron chi connectivity index (χ2n) is 2.61. The molecule has 58 valence electrons. The van der Waals surface area contributed by atoms with Gasteiger partial charge < -0.3 is 0 Å². The topological polar surface area (TPSA) is 29.4 Å². The van der Waals surface area contributed by atoms with Crippen LogP contribution in [0, 0.1) is 0 Å².